The van der Waals surface area contributed by atoms with Gasteiger partial charge in [-0.05, 0) is 17.2 Å². The molecule has 3 heterocycles. The van der Waals surface area contributed by atoms with Gasteiger partial charge in [-0.15, -0.1) is 0 Å². The van der Waals surface area contributed by atoms with E-state index in [2.05, 4.69) is 15.0 Å². The number of nitrogens with zero attached hydrogens (tertiary/aromatic N) is 4. The van der Waals surface area contributed by atoms with E-state index in [0.29, 0.717) is 24.4 Å². The number of nitrogen functional groups attached to an aromatic ring is 1. The Morgan fingerprint density at radius 3 is 2.37 bits per heavy atom. The fourth-order valence-corrected chi connectivity index (χ4v) is 4.85. The van der Waals surface area contributed by atoms with Crippen LogP contribution < -0.4 is 5.73 Å². The Labute approximate surface area is 219 Å². The molecule has 1 saturated heterocycles. The number of aromatic nitrogens is 4. The number of ether oxygens (including phenoxy) is 3. The molecule has 0 amide bonds. The number of fused-ring (bicyclic) bond motifs is 1. The molecule has 2 aromatic heterocycles. The standard InChI is InChI=1S/C26H28N5O6P/c27-24-22-25(29-16-28-24)31(17-30-22)26-23(36-14-19-9-5-2-6-10-19)20(21(37-26)11-12-38(32,33)34)15-35-13-18-7-3-1-4-8-18/h1-12,16-17,20-21,23,26H,13-15H2,(H2,27,28,29)(H2,32,33,34)/b12-11+/t20-,21-,23-,26-/m1/s1. The van der Waals surface area contributed by atoms with E-state index >= 15 is 0 Å². The summed E-state index contributed by atoms with van der Waals surface area (Å²) in [4.78, 5) is 31.7. The normalized spacial score (nSPS) is 21.9. The van der Waals surface area contributed by atoms with Gasteiger partial charge in [-0.2, -0.15) is 0 Å². The second kappa shape index (κ2) is 11.5. The molecule has 198 valence electrons. The molecule has 0 saturated carbocycles. The van der Waals surface area contributed by atoms with Crippen LogP contribution in [0.1, 0.15) is 17.4 Å². The van der Waals surface area contributed by atoms with Crippen molar-refractivity contribution in [3.05, 3.63) is 96.3 Å². The molecular weight excluding hydrogens is 509 g/mol. The third-order valence-electron chi connectivity index (χ3n) is 6.26. The first-order valence-electron chi connectivity index (χ1n) is 12.0. The van der Waals surface area contributed by atoms with Crippen LogP contribution in [0.15, 0.2) is 85.2 Å². The van der Waals surface area contributed by atoms with Crippen molar-refractivity contribution in [3.63, 3.8) is 0 Å². The first kappa shape index (κ1) is 26.2. The molecule has 38 heavy (non-hydrogen) atoms. The van der Waals surface area contributed by atoms with Gasteiger partial charge < -0.3 is 29.7 Å². The fourth-order valence-electron chi connectivity index (χ4n) is 4.45. The van der Waals surface area contributed by atoms with Crippen LogP contribution in [-0.4, -0.2) is 48.1 Å². The molecule has 0 bridgehead atoms. The van der Waals surface area contributed by atoms with E-state index in [1.165, 1.54) is 12.4 Å². The lowest BCUT2D eigenvalue weighted by Gasteiger charge is -2.25. The molecule has 0 spiro atoms. The van der Waals surface area contributed by atoms with Crippen LogP contribution in [-0.2, 0) is 32.0 Å². The van der Waals surface area contributed by atoms with E-state index in [0.717, 1.165) is 16.9 Å². The van der Waals surface area contributed by atoms with E-state index in [9.17, 15) is 14.4 Å². The second-order valence-electron chi connectivity index (χ2n) is 8.93. The van der Waals surface area contributed by atoms with Gasteiger partial charge in [0.05, 0.1) is 32.3 Å². The molecule has 0 unspecified atom stereocenters. The first-order valence-corrected chi connectivity index (χ1v) is 13.7. The minimum Gasteiger partial charge on any atom is -0.382 e. The lowest BCUT2D eigenvalue weighted by atomic mass is 9.98. The van der Waals surface area contributed by atoms with Crippen molar-refractivity contribution in [2.75, 3.05) is 12.3 Å². The molecule has 0 radical (unpaired) electrons. The summed E-state index contributed by atoms with van der Waals surface area (Å²) in [5.74, 6) is 0.672. The molecule has 11 nitrogen and oxygen atoms in total. The van der Waals surface area contributed by atoms with E-state index in [1.54, 1.807) is 10.9 Å². The van der Waals surface area contributed by atoms with E-state index in [4.69, 9.17) is 19.9 Å². The maximum Gasteiger partial charge on any atom is 0.348 e. The molecule has 4 atom stereocenters. The second-order valence-corrected chi connectivity index (χ2v) is 10.4. The van der Waals surface area contributed by atoms with Crippen molar-refractivity contribution >= 4 is 24.6 Å². The SMILES string of the molecule is Nc1ncnc2c1ncn2[C@@H]1O[C@H](/C=C/P(=O)(O)O)[C@@H](COCc2ccccc2)[C@H]1OCc1ccccc1. The van der Waals surface area contributed by atoms with Crippen molar-refractivity contribution in [1.82, 2.24) is 19.5 Å². The van der Waals surface area contributed by atoms with Gasteiger partial charge >= 0.3 is 7.60 Å². The zero-order valence-electron chi connectivity index (χ0n) is 20.4. The summed E-state index contributed by atoms with van der Waals surface area (Å²) in [6, 6.07) is 19.4. The van der Waals surface area contributed by atoms with Crippen molar-refractivity contribution in [2.45, 2.75) is 31.6 Å². The van der Waals surface area contributed by atoms with Crippen LogP contribution in [0.25, 0.3) is 11.2 Å². The van der Waals surface area contributed by atoms with Crippen molar-refractivity contribution in [3.8, 4) is 0 Å². The summed E-state index contributed by atoms with van der Waals surface area (Å²) in [6.45, 7) is 0.865. The Balaban J connectivity index is 1.47. The first-order chi connectivity index (χ1) is 18.4. The molecule has 12 heteroatoms. The molecule has 1 aliphatic rings. The largest absolute Gasteiger partial charge is 0.382 e. The molecular formula is C26H28N5O6P. The highest BCUT2D eigenvalue weighted by molar-refractivity contribution is 7.55. The monoisotopic (exact) mass is 537 g/mol. The van der Waals surface area contributed by atoms with Gasteiger partial charge in [-0.25, -0.2) is 15.0 Å². The lowest BCUT2D eigenvalue weighted by Crippen LogP contribution is -2.32. The van der Waals surface area contributed by atoms with E-state index in [-0.39, 0.29) is 12.4 Å². The Morgan fingerprint density at radius 1 is 1.00 bits per heavy atom. The van der Waals surface area contributed by atoms with Crippen LogP contribution in [0.5, 0.6) is 0 Å². The average molecular weight is 538 g/mol. The maximum atomic E-state index is 11.7. The van der Waals surface area contributed by atoms with Crippen LogP contribution in [0.3, 0.4) is 0 Å². The number of nitrogens with two attached hydrogens (primary N) is 1. The number of hydrogen-bond donors (Lipinski definition) is 3. The van der Waals surface area contributed by atoms with E-state index in [1.807, 2.05) is 60.7 Å². The highest BCUT2D eigenvalue weighted by atomic mass is 31.2. The minimum absolute atomic E-state index is 0.213. The molecule has 4 aromatic rings. The molecule has 5 rings (SSSR count). The number of rotatable bonds is 10. The van der Waals surface area contributed by atoms with E-state index < -0.39 is 31.9 Å². The summed E-state index contributed by atoms with van der Waals surface area (Å²) in [5.41, 5.74) is 8.83. The van der Waals surface area contributed by atoms with Gasteiger partial charge in [0.2, 0.25) is 0 Å². The van der Waals surface area contributed by atoms with Crippen molar-refractivity contribution in [2.24, 2.45) is 5.92 Å². The van der Waals surface area contributed by atoms with Crippen molar-refractivity contribution < 1.29 is 28.6 Å². The molecule has 1 fully saturated rings. The van der Waals surface area contributed by atoms with Gasteiger partial charge in [0.25, 0.3) is 0 Å². The Hall–Kier alpha value is -3.44. The Kier molecular flexibility index (Phi) is 7.94. The summed E-state index contributed by atoms with van der Waals surface area (Å²) < 4.78 is 32.2. The zero-order valence-corrected chi connectivity index (χ0v) is 21.2. The van der Waals surface area contributed by atoms with Crippen molar-refractivity contribution in [1.29, 1.82) is 0 Å². The highest BCUT2D eigenvalue weighted by Gasteiger charge is 2.46. The average Bonchev–Trinajstić information content (AvgIpc) is 3.49. The molecule has 2 aromatic carbocycles. The number of anilines is 1. The summed E-state index contributed by atoms with van der Waals surface area (Å²) >= 11 is 0. The van der Waals surface area contributed by atoms with Crippen LogP contribution >= 0.6 is 7.60 Å². The third-order valence-corrected chi connectivity index (χ3v) is 6.82. The van der Waals surface area contributed by atoms with Gasteiger partial charge in [0, 0.05) is 11.7 Å². The topological polar surface area (TPSA) is 155 Å². The summed E-state index contributed by atoms with van der Waals surface area (Å²) in [5, 5.41) is 0. The van der Waals surface area contributed by atoms with Gasteiger partial charge in [-0.1, -0.05) is 60.7 Å². The number of imidazole rings is 1. The molecule has 4 N–H and O–H groups in total. The van der Waals surface area contributed by atoms with Gasteiger partial charge in [-0.3, -0.25) is 9.13 Å². The highest BCUT2D eigenvalue weighted by Crippen LogP contribution is 2.42. The Morgan fingerprint density at radius 2 is 1.68 bits per heavy atom. The third kappa shape index (κ3) is 6.16. The fraction of sp³-hybridized carbons (Fsp3) is 0.269. The smallest absolute Gasteiger partial charge is 0.348 e. The quantitative estimate of drug-likeness (QED) is 0.256. The van der Waals surface area contributed by atoms with Gasteiger partial charge in [0.15, 0.2) is 17.7 Å². The summed E-state index contributed by atoms with van der Waals surface area (Å²) in [7, 11) is -4.43. The van der Waals surface area contributed by atoms with Crippen LogP contribution in [0.4, 0.5) is 5.82 Å². The van der Waals surface area contributed by atoms with Gasteiger partial charge in [0.1, 0.15) is 17.9 Å². The summed E-state index contributed by atoms with van der Waals surface area (Å²) in [6.07, 6.45) is 2.24. The van der Waals surface area contributed by atoms with Crippen LogP contribution in [0.2, 0.25) is 0 Å². The predicted octanol–water partition coefficient (Wildman–Crippen LogP) is 3.42. The molecule has 0 aliphatic carbocycles. The molecule has 1 aliphatic heterocycles. The minimum atomic E-state index is -4.43. The lowest BCUT2D eigenvalue weighted by molar-refractivity contribution is -0.0686. The zero-order chi connectivity index (χ0) is 26.5. The maximum absolute atomic E-state index is 11.7. The number of hydrogen-bond acceptors (Lipinski definition) is 8. The van der Waals surface area contributed by atoms with Crippen LogP contribution in [0, 0.1) is 5.92 Å². The number of benzene rings is 2. The Bertz CT molecular complexity index is 1430. The predicted molar refractivity (Wildman–Crippen MR) is 139 cm³/mol.